The Morgan fingerprint density at radius 1 is 1.50 bits per heavy atom. The standard InChI is InChI=1S/C7H4ClN3O/c8-11-7-3-5(4-12)1-2-6(7)9-10-11/h1-4H. The molecule has 2 aromatic rings. The Hall–Kier alpha value is -1.42. The number of carbonyl (C=O) groups is 1. The molecule has 0 amide bonds. The highest BCUT2D eigenvalue weighted by Gasteiger charge is 2.02. The minimum Gasteiger partial charge on any atom is -0.298 e. The van der Waals surface area contributed by atoms with Crippen molar-refractivity contribution in [1.29, 1.82) is 0 Å². The fourth-order valence-electron chi connectivity index (χ4n) is 0.982. The van der Waals surface area contributed by atoms with Gasteiger partial charge in [-0.2, -0.15) is 4.20 Å². The molecule has 0 radical (unpaired) electrons. The fourth-order valence-corrected chi connectivity index (χ4v) is 1.15. The summed E-state index contributed by atoms with van der Waals surface area (Å²) in [5, 5.41) is 7.35. The molecule has 0 atom stereocenters. The lowest BCUT2D eigenvalue weighted by Crippen LogP contribution is -1.83. The average Bonchev–Trinajstić information content (AvgIpc) is 2.47. The van der Waals surface area contributed by atoms with Gasteiger partial charge in [-0.25, -0.2) is 0 Å². The summed E-state index contributed by atoms with van der Waals surface area (Å²) < 4.78 is 1.11. The number of carbonyl (C=O) groups excluding carboxylic acids is 1. The van der Waals surface area contributed by atoms with Crippen LogP contribution in [-0.4, -0.2) is 20.8 Å². The lowest BCUT2D eigenvalue weighted by molar-refractivity contribution is 0.112. The Morgan fingerprint density at radius 2 is 2.33 bits per heavy atom. The molecule has 5 heteroatoms. The van der Waals surface area contributed by atoms with Crippen LogP contribution < -0.4 is 0 Å². The van der Waals surface area contributed by atoms with Gasteiger partial charge in [0.1, 0.15) is 17.3 Å². The summed E-state index contributed by atoms with van der Waals surface area (Å²) in [5.74, 6) is 0. The monoisotopic (exact) mass is 181 g/mol. The smallest absolute Gasteiger partial charge is 0.150 e. The van der Waals surface area contributed by atoms with Crippen molar-refractivity contribution in [2.75, 3.05) is 0 Å². The van der Waals surface area contributed by atoms with E-state index in [4.69, 9.17) is 11.8 Å². The van der Waals surface area contributed by atoms with Crippen molar-refractivity contribution in [2.24, 2.45) is 0 Å². The molecule has 0 N–H and O–H groups in total. The van der Waals surface area contributed by atoms with E-state index in [2.05, 4.69) is 10.3 Å². The van der Waals surface area contributed by atoms with Gasteiger partial charge >= 0.3 is 0 Å². The SMILES string of the molecule is O=Cc1ccc2nnn(Cl)c2c1. The zero-order valence-electron chi connectivity index (χ0n) is 5.94. The van der Waals surface area contributed by atoms with E-state index >= 15 is 0 Å². The molecule has 1 aromatic heterocycles. The zero-order chi connectivity index (χ0) is 8.55. The predicted octanol–water partition coefficient (Wildman–Crippen LogP) is 1.25. The molecule has 12 heavy (non-hydrogen) atoms. The van der Waals surface area contributed by atoms with Crippen LogP contribution in [0, 0.1) is 0 Å². The van der Waals surface area contributed by atoms with Crippen molar-refractivity contribution in [3.8, 4) is 0 Å². The Balaban J connectivity index is 2.79. The van der Waals surface area contributed by atoms with Gasteiger partial charge in [0.15, 0.2) is 0 Å². The highest BCUT2D eigenvalue weighted by atomic mass is 35.5. The molecule has 60 valence electrons. The van der Waals surface area contributed by atoms with Crippen molar-refractivity contribution in [3.63, 3.8) is 0 Å². The second-order valence-electron chi connectivity index (χ2n) is 2.32. The van der Waals surface area contributed by atoms with Gasteiger partial charge < -0.3 is 0 Å². The van der Waals surface area contributed by atoms with Crippen LogP contribution in [0.5, 0.6) is 0 Å². The normalized spacial score (nSPS) is 10.4. The second-order valence-corrected chi connectivity index (χ2v) is 2.64. The van der Waals surface area contributed by atoms with E-state index in [-0.39, 0.29) is 0 Å². The second kappa shape index (κ2) is 2.57. The van der Waals surface area contributed by atoms with Crippen LogP contribution in [0.4, 0.5) is 0 Å². The Kier molecular flexibility index (Phi) is 1.55. The van der Waals surface area contributed by atoms with Gasteiger partial charge in [-0.1, -0.05) is 0 Å². The molecule has 0 bridgehead atoms. The molecule has 0 fully saturated rings. The van der Waals surface area contributed by atoms with Gasteiger partial charge in [-0.3, -0.25) is 4.79 Å². The summed E-state index contributed by atoms with van der Waals surface area (Å²) >= 11 is 5.63. The number of rotatable bonds is 1. The molecule has 1 aromatic carbocycles. The molecular formula is C7H4ClN3O. The maximum Gasteiger partial charge on any atom is 0.150 e. The first-order chi connectivity index (χ1) is 5.81. The number of aldehydes is 1. The van der Waals surface area contributed by atoms with Gasteiger partial charge in [-0.05, 0) is 23.4 Å². The summed E-state index contributed by atoms with van der Waals surface area (Å²) in [6, 6.07) is 5.00. The van der Waals surface area contributed by atoms with Crippen molar-refractivity contribution in [1.82, 2.24) is 14.5 Å². The van der Waals surface area contributed by atoms with Gasteiger partial charge in [0, 0.05) is 17.3 Å². The summed E-state index contributed by atoms with van der Waals surface area (Å²) in [5.41, 5.74) is 1.88. The maximum absolute atomic E-state index is 10.4. The Labute approximate surface area is 72.8 Å². The molecule has 0 spiro atoms. The van der Waals surface area contributed by atoms with Crippen molar-refractivity contribution in [2.45, 2.75) is 0 Å². The molecular weight excluding hydrogens is 178 g/mol. The third kappa shape index (κ3) is 0.967. The van der Waals surface area contributed by atoms with E-state index in [9.17, 15) is 4.79 Å². The number of nitrogens with zero attached hydrogens (tertiary/aromatic N) is 3. The van der Waals surface area contributed by atoms with Gasteiger partial charge in [0.2, 0.25) is 0 Å². The molecule has 0 aliphatic heterocycles. The molecule has 0 unspecified atom stereocenters. The van der Waals surface area contributed by atoms with Crippen molar-refractivity contribution in [3.05, 3.63) is 23.8 Å². The number of fused-ring (bicyclic) bond motifs is 1. The highest BCUT2D eigenvalue weighted by Crippen LogP contribution is 2.12. The quantitative estimate of drug-likeness (QED) is 0.622. The fraction of sp³-hybridized carbons (Fsp3) is 0. The number of halogens is 1. The van der Waals surface area contributed by atoms with Crippen LogP contribution in [0.3, 0.4) is 0 Å². The number of hydrogen-bond acceptors (Lipinski definition) is 3. The summed E-state index contributed by atoms with van der Waals surface area (Å²) in [4.78, 5) is 10.4. The minimum atomic E-state index is 0.562. The number of hydrogen-bond donors (Lipinski definition) is 0. The van der Waals surface area contributed by atoms with Crippen LogP contribution in [0.25, 0.3) is 11.0 Å². The maximum atomic E-state index is 10.4. The highest BCUT2D eigenvalue weighted by molar-refractivity contribution is 6.17. The minimum absolute atomic E-state index is 0.562. The first-order valence-corrected chi connectivity index (χ1v) is 3.62. The van der Waals surface area contributed by atoms with Crippen LogP contribution >= 0.6 is 11.8 Å². The lowest BCUT2D eigenvalue weighted by atomic mass is 10.2. The van der Waals surface area contributed by atoms with Gasteiger partial charge in [-0.15, -0.1) is 5.10 Å². The Morgan fingerprint density at radius 3 is 3.08 bits per heavy atom. The van der Waals surface area contributed by atoms with E-state index in [0.717, 1.165) is 10.5 Å². The first-order valence-electron chi connectivity index (χ1n) is 3.28. The van der Waals surface area contributed by atoms with E-state index in [1.807, 2.05) is 0 Å². The van der Waals surface area contributed by atoms with Crippen LogP contribution in [0.1, 0.15) is 10.4 Å². The van der Waals surface area contributed by atoms with Crippen LogP contribution in [0.2, 0.25) is 0 Å². The van der Waals surface area contributed by atoms with Gasteiger partial charge in [0.25, 0.3) is 0 Å². The molecule has 0 saturated carbocycles. The average molecular weight is 182 g/mol. The topological polar surface area (TPSA) is 47.8 Å². The molecule has 0 saturated heterocycles. The predicted molar refractivity (Wildman–Crippen MR) is 44.2 cm³/mol. The van der Waals surface area contributed by atoms with Crippen molar-refractivity contribution >= 4 is 29.1 Å². The summed E-state index contributed by atoms with van der Waals surface area (Å²) in [7, 11) is 0. The van der Waals surface area contributed by atoms with Gasteiger partial charge in [0.05, 0.1) is 0 Å². The van der Waals surface area contributed by atoms with E-state index < -0.39 is 0 Å². The third-order valence-electron chi connectivity index (χ3n) is 1.57. The lowest BCUT2D eigenvalue weighted by Gasteiger charge is -1.89. The summed E-state index contributed by atoms with van der Waals surface area (Å²) in [6.07, 6.45) is 0.753. The first kappa shape index (κ1) is 7.24. The van der Waals surface area contributed by atoms with Crippen molar-refractivity contribution < 1.29 is 4.79 Å². The zero-order valence-corrected chi connectivity index (χ0v) is 6.69. The molecule has 4 nitrogen and oxygen atoms in total. The van der Waals surface area contributed by atoms with E-state index in [0.29, 0.717) is 16.6 Å². The molecule has 2 rings (SSSR count). The molecule has 1 heterocycles. The molecule has 0 aliphatic rings. The molecule has 0 aliphatic carbocycles. The van der Waals surface area contributed by atoms with Crippen LogP contribution in [0.15, 0.2) is 18.2 Å². The third-order valence-corrected chi connectivity index (χ3v) is 1.82. The summed E-state index contributed by atoms with van der Waals surface area (Å²) in [6.45, 7) is 0. The largest absolute Gasteiger partial charge is 0.298 e. The Bertz CT molecular complexity index is 437. The van der Waals surface area contributed by atoms with E-state index in [1.54, 1.807) is 18.2 Å². The number of benzene rings is 1. The van der Waals surface area contributed by atoms with Crippen LogP contribution in [-0.2, 0) is 0 Å². The number of aromatic nitrogens is 3. The van der Waals surface area contributed by atoms with E-state index in [1.165, 1.54) is 0 Å².